The van der Waals surface area contributed by atoms with Gasteiger partial charge < -0.3 is 11.1 Å². The number of nitrogens with one attached hydrogen (secondary N) is 1. The van der Waals surface area contributed by atoms with Crippen molar-refractivity contribution in [2.45, 2.75) is 60.3 Å². The Balaban J connectivity index is 0.000000241. The summed E-state index contributed by atoms with van der Waals surface area (Å²) in [5.41, 5.74) is 13.5. The van der Waals surface area contributed by atoms with E-state index in [9.17, 15) is 4.91 Å². The standard InChI is InChI=1S/C12H15N.C8H10N2O.C2H6/c1-8-6-10-4-3-5-12(13)11(10)7-9(8)2;1-2-6-3-4-8(10-11)7(9)5-6;1-2/h6-7,13H,3-5H2,1-2H3;3-5H,2,9H2,1H3;1-2H3. The molecule has 4 nitrogen and oxygen atoms in total. The van der Waals surface area contributed by atoms with Crippen molar-refractivity contribution in [2.24, 2.45) is 5.18 Å². The number of hydrogen-bond donors (Lipinski definition) is 2. The van der Waals surface area contributed by atoms with E-state index < -0.39 is 0 Å². The molecule has 26 heavy (non-hydrogen) atoms. The van der Waals surface area contributed by atoms with Crippen LogP contribution in [0.15, 0.2) is 35.5 Å². The second-order valence-corrected chi connectivity index (χ2v) is 6.26. The highest BCUT2D eigenvalue weighted by Crippen LogP contribution is 2.24. The van der Waals surface area contributed by atoms with Gasteiger partial charge in [0.15, 0.2) is 0 Å². The Labute approximate surface area is 157 Å². The van der Waals surface area contributed by atoms with Crippen molar-refractivity contribution >= 4 is 17.1 Å². The average Bonchev–Trinajstić information content (AvgIpc) is 2.65. The van der Waals surface area contributed by atoms with Crippen LogP contribution in [-0.4, -0.2) is 5.71 Å². The summed E-state index contributed by atoms with van der Waals surface area (Å²) in [5, 5.41) is 10.6. The fourth-order valence-electron chi connectivity index (χ4n) is 2.86. The fourth-order valence-corrected chi connectivity index (χ4v) is 2.86. The summed E-state index contributed by atoms with van der Waals surface area (Å²) in [6.45, 7) is 10.3. The third-order valence-corrected chi connectivity index (χ3v) is 4.52. The normalized spacial score (nSPS) is 12.1. The lowest BCUT2D eigenvalue weighted by atomic mass is 9.87. The molecule has 0 unspecified atom stereocenters. The van der Waals surface area contributed by atoms with Crippen LogP contribution in [0.3, 0.4) is 0 Å². The maximum absolute atomic E-state index is 10.1. The van der Waals surface area contributed by atoms with Gasteiger partial charge in [0.2, 0.25) is 0 Å². The van der Waals surface area contributed by atoms with Gasteiger partial charge in [0.1, 0.15) is 5.69 Å². The molecule has 2 aromatic rings. The number of fused-ring (bicyclic) bond motifs is 1. The van der Waals surface area contributed by atoms with Crippen molar-refractivity contribution in [3.05, 3.63) is 63.1 Å². The average molecular weight is 354 g/mol. The molecule has 0 heterocycles. The van der Waals surface area contributed by atoms with Gasteiger partial charge in [0, 0.05) is 5.71 Å². The Morgan fingerprint density at radius 3 is 2.31 bits per heavy atom. The third-order valence-electron chi connectivity index (χ3n) is 4.52. The molecule has 2 aromatic carbocycles. The molecule has 1 aliphatic rings. The van der Waals surface area contributed by atoms with E-state index in [4.69, 9.17) is 11.1 Å². The summed E-state index contributed by atoms with van der Waals surface area (Å²) in [7, 11) is 0. The number of rotatable bonds is 2. The highest BCUT2D eigenvalue weighted by molar-refractivity contribution is 6.00. The largest absolute Gasteiger partial charge is 0.397 e. The van der Waals surface area contributed by atoms with E-state index in [2.05, 4.69) is 31.2 Å². The van der Waals surface area contributed by atoms with E-state index in [0.29, 0.717) is 11.4 Å². The van der Waals surface area contributed by atoms with Crippen LogP contribution < -0.4 is 5.73 Å². The van der Waals surface area contributed by atoms with E-state index in [0.717, 1.165) is 37.0 Å². The molecular formula is C22H31N3O. The van der Waals surface area contributed by atoms with E-state index in [-0.39, 0.29) is 0 Å². The first-order valence-electron chi connectivity index (χ1n) is 9.36. The van der Waals surface area contributed by atoms with Crippen LogP contribution in [0.2, 0.25) is 0 Å². The van der Waals surface area contributed by atoms with Crippen molar-refractivity contribution in [1.82, 2.24) is 0 Å². The molecule has 0 saturated heterocycles. The zero-order valence-corrected chi connectivity index (χ0v) is 16.6. The number of aryl methyl sites for hydroxylation is 4. The smallest absolute Gasteiger partial charge is 0.130 e. The van der Waals surface area contributed by atoms with E-state index in [1.807, 2.05) is 26.8 Å². The second-order valence-electron chi connectivity index (χ2n) is 6.26. The van der Waals surface area contributed by atoms with Crippen molar-refractivity contribution < 1.29 is 0 Å². The van der Waals surface area contributed by atoms with Crippen LogP contribution in [0.4, 0.5) is 11.4 Å². The van der Waals surface area contributed by atoms with Gasteiger partial charge in [0.05, 0.1) is 5.69 Å². The molecule has 0 radical (unpaired) electrons. The van der Waals surface area contributed by atoms with Gasteiger partial charge in [-0.05, 0) is 90.7 Å². The van der Waals surface area contributed by atoms with Crippen molar-refractivity contribution in [2.75, 3.05) is 5.73 Å². The lowest BCUT2D eigenvalue weighted by Gasteiger charge is -2.18. The van der Waals surface area contributed by atoms with Crippen molar-refractivity contribution in [1.29, 1.82) is 5.41 Å². The molecule has 4 heteroatoms. The minimum atomic E-state index is 0.321. The van der Waals surface area contributed by atoms with Gasteiger partial charge in [-0.3, -0.25) is 0 Å². The highest BCUT2D eigenvalue weighted by atomic mass is 16.3. The van der Waals surface area contributed by atoms with Gasteiger partial charge in [-0.2, -0.15) is 0 Å². The zero-order valence-electron chi connectivity index (χ0n) is 16.6. The molecule has 140 valence electrons. The van der Waals surface area contributed by atoms with Crippen LogP contribution in [0.1, 0.15) is 61.4 Å². The Hall–Kier alpha value is -2.49. The minimum absolute atomic E-state index is 0.321. The number of nitrogens with two attached hydrogens (primary N) is 1. The SMILES string of the molecule is CC.CCc1ccc(N=O)c(N)c1.Cc1cc2c(cc1C)C(=N)CCC2. The van der Waals surface area contributed by atoms with Crippen molar-refractivity contribution in [3.63, 3.8) is 0 Å². The monoisotopic (exact) mass is 353 g/mol. The van der Waals surface area contributed by atoms with E-state index in [1.54, 1.807) is 12.1 Å². The van der Waals surface area contributed by atoms with Crippen LogP contribution in [0.5, 0.6) is 0 Å². The molecule has 0 amide bonds. The molecular weight excluding hydrogens is 322 g/mol. The quantitative estimate of drug-likeness (QED) is 0.493. The van der Waals surface area contributed by atoms with E-state index in [1.165, 1.54) is 22.3 Å². The first-order valence-corrected chi connectivity index (χ1v) is 9.36. The fraction of sp³-hybridized carbons (Fsp3) is 0.409. The van der Waals surface area contributed by atoms with Gasteiger partial charge in [-0.15, -0.1) is 4.91 Å². The summed E-state index contributed by atoms with van der Waals surface area (Å²) in [6, 6.07) is 9.69. The molecule has 1 aliphatic carbocycles. The lowest BCUT2D eigenvalue weighted by molar-refractivity contribution is 0.833. The molecule has 0 saturated carbocycles. The van der Waals surface area contributed by atoms with Crippen LogP contribution >= 0.6 is 0 Å². The van der Waals surface area contributed by atoms with Gasteiger partial charge in [-0.1, -0.05) is 32.9 Å². The van der Waals surface area contributed by atoms with Crippen LogP contribution in [-0.2, 0) is 12.8 Å². The predicted molar refractivity (Wildman–Crippen MR) is 113 cm³/mol. The topological polar surface area (TPSA) is 79.3 Å². The molecule has 0 aliphatic heterocycles. The zero-order chi connectivity index (χ0) is 19.7. The number of hydrogen-bond acceptors (Lipinski definition) is 4. The summed E-state index contributed by atoms with van der Waals surface area (Å²) < 4.78 is 0. The molecule has 0 spiro atoms. The van der Waals surface area contributed by atoms with Crippen LogP contribution in [0, 0.1) is 24.2 Å². The Bertz CT molecular complexity index is 766. The number of anilines is 1. The number of benzene rings is 2. The second kappa shape index (κ2) is 10.5. The summed E-state index contributed by atoms with van der Waals surface area (Å²) >= 11 is 0. The Kier molecular flexibility index (Phi) is 8.70. The Morgan fingerprint density at radius 2 is 1.73 bits per heavy atom. The van der Waals surface area contributed by atoms with Crippen molar-refractivity contribution in [3.8, 4) is 0 Å². The first kappa shape index (κ1) is 21.6. The molecule has 0 fully saturated rings. The predicted octanol–water partition coefficient (Wildman–Crippen LogP) is 6.26. The van der Waals surface area contributed by atoms with E-state index >= 15 is 0 Å². The molecule has 3 N–H and O–H groups in total. The molecule has 3 rings (SSSR count). The lowest BCUT2D eigenvalue weighted by Crippen LogP contribution is -2.11. The van der Waals surface area contributed by atoms with Gasteiger partial charge in [-0.25, -0.2) is 0 Å². The first-order chi connectivity index (χ1) is 12.5. The highest BCUT2D eigenvalue weighted by Gasteiger charge is 2.14. The summed E-state index contributed by atoms with van der Waals surface area (Å²) in [4.78, 5) is 10.1. The maximum atomic E-state index is 10.1. The van der Waals surface area contributed by atoms with Crippen LogP contribution in [0.25, 0.3) is 0 Å². The molecule has 0 atom stereocenters. The number of nitrogen functional groups attached to an aromatic ring is 1. The molecule has 0 aromatic heterocycles. The third kappa shape index (κ3) is 5.51. The summed E-state index contributed by atoms with van der Waals surface area (Å²) in [5.74, 6) is 0. The molecule has 0 bridgehead atoms. The Morgan fingerprint density at radius 1 is 1.08 bits per heavy atom. The van der Waals surface area contributed by atoms with Gasteiger partial charge in [0.25, 0.3) is 0 Å². The number of nitrogens with zero attached hydrogens (tertiary/aromatic N) is 1. The maximum Gasteiger partial charge on any atom is 0.130 e. The van der Waals surface area contributed by atoms with Gasteiger partial charge >= 0.3 is 0 Å². The summed E-state index contributed by atoms with van der Waals surface area (Å²) in [6.07, 6.45) is 4.17. The minimum Gasteiger partial charge on any atom is -0.397 e. The number of nitroso groups, excluding NO2 is 1.